The van der Waals surface area contributed by atoms with Crippen LogP contribution in [0.4, 0.5) is 18.0 Å². The summed E-state index contributed by atoms with van der Waals surface area (Å²) in [5.74, 6) is -0.948. The van der Waals surface area contributed by atoms with Gasteiger partial charge in [-0.1, -0.05) is 30.3 Å². The van der Waals surface area contributed by atoms with Crippen molar-refractivity contribution >= 4 is 17.8 Å². The molecule has 0 aliphatic carbocycles. The summed E-state index contributed by atoms with van der Waals surface area (Å²) in [5.41, 5.74) is 3.31. The Kier molecular flexibility index (Phi) is 4.52. The maximum absolute atomic E-state index is 12.6. The van der Waals surface area contributed by atoms with E-state index in [0.717, 1.165) is 21.6 Å². The Hall–Kier alpha value is -3.36. The van der Waals surface area contributed by atoms with Crippen molar-refractivity contribution in [3.63, 3.8) is 0 Å². The summed E-state index contributed by atoms with van der Waals surface area (Å²) < 4.78 is 37.9. The van der Waals surface area contributed by atoms with Crippen LogP contribution in [0.2, 0.25) is 0 Å². The van der Waals surface area contributed by atoms with Crippen LogP contribution in [0.25, 0.3) is 11.1 Å². The van der Waals surface area contributed by atoms with Gasteiger partial charge in [-0.3, -0.25) is 14.9 Å². The Balaban J connectivity index is 1.49. The molecular weight excluding hydrogens is 387 g/mol. The molecule has 0 unspecified atom stereocenters. The van der Waals surface area contributed by atoms with Crippen molar-refractivity contribution in [1.29, 1.82) is 0 Å². The lowest BCUT2D eigenvalue weighted by atomic mass is 9.99. The van der Waals surface area contributed by atoms with Crippen molar-refractivity contribution < 1.29 is 27.6 Å². The minimum absolute atomic E-state index is 0.0217. The number of fused-ring (bicyclic) bond motifs is 1. The molecule has 1 N–H and O–H groups in total. The zero-order valence-corrected chi connectivity index (χ0v) is 15.1. The highest BCUT2D eigenvalue weighted by atomic mass is 19.4. The Bertz CT molecular complexity index is 1000. The quantitative estimate of drug-likeness (QED) is 0.799. The fraction of sp³-hybridized carbons (Fsp3) is 0.250. The van der Waals surface area contributed by atoms with Crippen molar-refractivity contribution in [2.45, 2.75) is 19.3 Å². The SMILES string of the molecule is O=C1CN(Cc2ccc(-c3ccc4c(c3)CN(CC(F)(F)F)C4=O)cc2)C(=O)N1. The molecule has 4 rings (SSSR count). The molecule has 1 fully saturated rings. The first kappa shape index (κ1) is 19.0. The third-order valence-corrected chi connectivity index (χ3v) is 4.88. The van der Waals surface area contributed by atoms with E-state index in [-0.39, 0.29) is 19.0 Å². The van der Waals surface area contributed by atoms with Crippen LogP contribution < -0.4 is 5.32 Å². The summed E-state index contributed by atoms with van der Waals surface area (Å²) in [6.07, 6.45) is -4.44. The highest BCUT2D eigenvalue weighted by Gasteiger charge is 2.37. The molecule has 0 spiro atoms. The van der Waals surface area contributed by atoms with Crippen molar-refractivity contribution in [1.82, 2.24) is 15.1 Å². The second-order valence-electron chi connectivity index (χ2n) is 7.05. The number of benzene rings is 2. The first-order valence-corrected chi connectivity index (χ1v) is 8.87. The molecule has 9 heteroatoms. The molecule has 2 aromatic carbocycles. The van der Waals surface area contributed by atoms with E-state index in [1.54, 1.807) is 18.2 Å². The number of imide groups is 1. The largest absolute Gasteiger partial charge is 0.406 e. The van der Waals surface area contributed by atoms with Crippen LogP contribution in [0.5, 0.6) is 0 Å². The van der Waals surface area contributed by atoms with E-state index < -0.39 is 24.7 Å². The van der Waals surface area contributed by atoms with Gasteiger partial charge in [-0.15, -0.1) is 0 Å². The lowest BCUT2D eigenvalue weighted by molar-refractivity contribution is -0.141. The molecule has 2 aromatic rings. The highest BCUT2D eigenvalue weighted by molar-refractivity contribution is 6.01. The molecule has 150 valence electrons. The number of nitrogens with zero attached hydrogens (tertiary/aromatic N) is 2. The van der Waals surface area contributed by atoms with E-state index in [0.29, 0.717) is 17.7 Å². The predicted molar refractivity (Wildman–Crippen MR) is 96.6 cm³/mol. The smallest absolute Gasteiger partial charge is 0.325 e. The Morgan fingerprint density at radius 2 is 1.59 bits per heavy atom. The van der Waals surface area contributed by atoms with Crippen LogP contribution in [0.3, 0.4) is 0 Å². The van der Waals surface area contributed by atoms with Gasteiger partial charge in [0, 0.05) is 18.7 Å². The van der Waals surface area contributed by atoms with Gasteiger partial charge in [-0.2, -0.15) is 13.2 Å². The van der Waals surface area contributed by atoms with E-state index in [1.807, 2.05) is 24.3 Å². The van der Waals surface area contributed by atoms with E-state index >= 15 is 0 Å². The molecule has 0 saturated carbocycles. The molecule has 6 nitrogen and oxygen atoms in total. The zero-order valence-electron chi connectivity index (χ0n) is 15.1. The zero-order chi connectivity index (χ0) is 20.8. The summed E-state index contributed by atoms with van der Waals surface area (Å²) in [5, 5.41) is 2.22. The van der Waals surface area contributed by atoms with Crippen LogP contribution in [-0.4, -0.2) is 46.9 Å². The van der Waals surface area contributed by atoms with E-state index in [4.69, 9.17) is 0 Å². The number of carbonyl (C=O) groups excluding carboxylic acids is 3. The molecule has 0 radical (unpaired) electrons. The van der Waals surface area contributed by atoms with Gasteiger partial charge in [0.15, 0.2) is 0 Å². The summed E-state index contributed by atoms with van der Waals surface area (Å²) in [6, 6.07) is 11.9. The Morgan fingerprint density at radius 1 is 0.897 bits per heavy atom. The van der Waals surface area contributed by atoms with Crippen LogP contribution in [0.1, 0.15) is 21.5 Å². The number of hydrogen-bond donors (Lipinski definition) is 1. The minimum atomic E-state index is -4.44. The number of amides is 4. The van der Waals surface area contributed by atoms with Crippen LogP contribution >= 0.6 is 0 Å². The third-order valence-electron chi connectivity index (χ3n) is 4.88. The van der Waals surface area contributed by atoms with E-state index in [2.05, 4.69) is 5.32 Å². The molecule has 0 atom stereocenters. The predicted octanol–water partition coefficient (Wildman–Crippen LogP) is 2.92. The average Bonchev–Trinajstić information content (AvgIpc) is 3.12. The van der Waals surface area contributed by atoms with Gasteiger partial charge in [0.1, 0.15) is 13.1 Å². The van der Waals surface area contributed by atoms with Crippen LogP contribution in [0.15, 0.2) is 42.5 Å². The molecule has 0 aromatic heterocycles. The molecule has 1 saturated heterocycles. The van der Waals surface area contributed by atoms with Gasteiger partial charge in [-0.05, 0) is 34.4 Å². The standard InChI is InChI=1S/C20H16F3N3O3/c21-20(22,23)11-26-9-15-7-14(5-6-16(15)18(26)28)13-3-1-12(2-4-13)8-25-10-17(27)24-19(25)29/h1-7H,8-11H2,(H,24,27,29). The van der Waals surface area contributed by atoms with E-state index in [1.165, 1.54) is 4.90 Å². The normalized spacial score (nSPS) is 16.4. The van der Waals surface area contributed by atoms with Gasteiger partial charge in [0.25, 0.3) is 5.91 Å². The first-order valence-electron chi connectivity index (χ1n) is 8.87. The topological polar surface area (TPSA) is 69.7 Å². The fourth-order valence-electron chi connectivity index (χ4n) is 3.54. The number of nitrogens with one attached hydrogen (secondary N) is 1. The molecular formula is C20H16F3N3O3. The first-order chi connectivity index (χ1) is 13.7. The Labute approximate surface area is 163 Å². The van der Waals surface area contributed by atoms with Gasteiger partial charge in [-0.25, -0.2) is 4.79 Å². The summed E-state index contributed by atoms with van der Waals surface area (Å²) in [6.45, 7) is -1.02. The summed E-state index contributed by atoms with van der Waals surface area (Å²) in [7, 11) is 0. The number of rotatable bonds is 4. The van der Waals surface area contributed by atoms with E-state index in [9.17, 15) is 27.6 Å². The summed E-state index contributed by atoms with van der Waals surface area (Å²) >= 11 is 0. The van der Waals surface area contributed by atoms with Gasteiger partial charge >= 0.3 is 12.2 Å². The van der Waals surface area contributed by atoms with Crippen LogP contribution in [-0.2, 0) is 17.9 Å². The maximum Gasteiger partial charge on any atom is 0.406 e. The number of alkyl halides is 3. The van der Waals surface area contributed by atoms with Gasteiger partial charge < -0.3 is 9.80 Å². The van der Waals surface area contributed by atoms with Gasteiger partial charge in [0.05, 0.1) is 0 Å². The third kappa shape index (κ3) is 3.94. The fourth-order valence-corrected chi connectivity index (χ4v) is 3.54. The molecule has 2 heterocycles. The number of halogens is 3. The Morgan fingerprint density at radius 3 is 2.21 bits per heavy atom. The monoisotopic (exact) mass is 403 g/mol. The second kappa shape index (κ2) is 6.91. The highest BCUT2D eigenvalue weighted by Crippen LogP contribution is 2.30. The molecule has 2 aliphatic rings. The molecule has 2 aliphatic heterocycles. The van der Waals surface area contributed by atoms with Crippen LogP contribution in [0, 0.1) is 0 Å². The van der Waals surface area contributed by atoms with Crippen molar-refractivity contribution in [2.75, 3.05) is 13.1 Å². The van der Waals surface area contributed by atoms with Crippen molar-refractivity contribution in [2.24, 2.45) is 0 Å². The average molecular weight is 403 g/mol. The number of hydrogen-bond acceptors (Lipinski definition) is 3. The molecule has 0 bridgehead atoms. The lowest BCUT2D eigenvalue weighted by Crippen LogP contribution is -2.34. The van der Waals surface area contributed by atoms with Crippen molar-refractivity contribution in [3.8, 4) is 11.1 Å². The maximum atomic E-state index is 12.6. The lowest BCUT2D eigenvalue weighted by Gasteiger charge is -2.17. The summed E-state index contributed by atoms with van der Waals surface area (Å²) in [4.78, 5) is 37.2. The van der Waals surface area contributed by atoms with Crippen molar-refractivity contribution in [3.05, 3.63) is 59.2 Å². The van der Waals surface area contributed by atoms with Gasteiger partial charge in [0.2, 0.25) is 5.91 Å². The minimum Gasteiger partial charge on any atom is -0.325 e. The number of urea groups is 1. The molecule has 4 amide bonds. The second-order valence-corrected chi connectivity index (χ2v) is 7.05. The number of carbonyl (C=O) groups is 3. The molecule has 29 heavy (non-hydrogen) atoms.